The molecular formula is C25H30FNO5S. The molecule has 1 aliphatic rings. The van der Waals surface area contributed by atoms with Gasteiger partial charge in [0, 0.05) is 37.2 Å². The zero-order valence-electron chi connectivity index (χ0n) is 18.5. The van der Waals surface area contributed by atoms with Gasteiger partial charge in [-0.25, -0.2) is 4.39 Å². The van der Waals surface area contributed by atoms with Gasteiger partial charge >= 0.3 is 5.97 Å². The van der Waals surface area contributed by atoms with Gasteiger partial charge in [0.2, 0.25) is 5.91 Å². The van der Waals surface area contributed by atoms with Crippen molar-refractivity contribution < 1.29 is 28.9 Å². The lowest BCUT2D eigenvalue weighted by Crippen LogP contribution is -2.35. The number of aliphatic carboxylic acids is 1. The van der Waals surface area contributed by atoms with E-state index in [0.29, 0.717) is 49.3 Å². The number of carbonyl (C=O) groups is 2. The summed E-state index contributed by atoms with van der Waals surface area (Å²) < 4.78 is 19.1. The molecule has 0 spiro atoms. The van der Waals surface area contributed by atoms with Crippen molar-refractivity contribution in [3.63, 3.8) is 0 Å². The van der Waals surface area contributed by atoms with Crippen molar-refractivity contribution in [2.24, 2.45) is 0 Å². The number of hydrogen-bond acceptors (Lipinski definition) is 5. The normalized spacial score (nSPS) is 16.7. The minimum absolute atomic E-state index is 0.110. The van der Waals surface area contributed by atoms with Crippen molar-refractivity contribution in [1.82, 2.24) is 4.90 Å². The number of carbonyl (C=O) groups excluding carboxylic acids is 1. The Morgan fingerprint density at radius 3 is 2.70 bits per heavy atom. The van der Waals surface area contributed by atoms with Crippen LogP contribution in [0.5, 0.6) is 11.5 Å². The summed E-state index contributed by atoms with van der Waals surface area (Å²) in [7, 11) is 0. The Hall–Kier alpha value is -2.58. The Morgan fingerprint density at radius 1 is 1.18 bits per heavy atom. The van der Waals surface area contributed by atoms with E-state index in [1.807, 2.05) is 11.0 Å². The number of likely N-dealkylation sites (tertiary alicyclic amines) is 1. The number of ether oxygens (including phenoxy) is 1. The van der Waals surface area contributed by atoms with E-state index in [1.54, 1.807) is 42.1 Å². The SMILES string of the molecule is O=C(O)CCCSCCN1C(=O)CC[C@@H]1CC[C@@H](O)c1cccc(Oc2cccc(F)c2)c1. The van der Waals surface area contributed by atoms with Gasteiger partial charge < -0.3 is 19.8 Å². The number of aliphatic hydroxyl groups excluding tert-OH is 1. The first kappa shape index (κ1) is 25.1. The summed E-state index contributed by atoms with van der Waals surface area (Å²) in [6.45, 7) is 0.647. The Balaban J connectivity index is 1.47. The standard InChI is InChI=1S/C25H30FNO5S/c26-19-5-2-7-22(17-19)32-21-6-1-4-18(16-21)23(28)11-9-20-10-12-24(29)27(20)13-15-33-14-3-8-25(30)31/h1-2,4-7,16-17,20,23,28H,3,8-15H2,(H,30,31)/t20-,23+/m0/s1. The zero-order chi connectivity index (χ0) is 23.6. The van der Waals surface area contributed by atoms with E-state index in [-0.39, 0.29) is 24.2 Å². The molecule has 0 bridgehead atoms. The van der Waals surface area contributed by atoms with Gasteiger partial charge in [-0.15, -0.1) is 0 Å². The molecule has 0 aromatic heterocycles. The summed E-state index contributed by atoms with van der Waals surface area (Å²) in [5.41, 5.74) is 0.716. The van der Waals surface area contributed by atoms with Crippen LogP contribution in [0.3, 0.4) is 0 Å². The zero-order valence-corrected chi connectivity index (χ0v) is 19.3. The summed E-state index contributed by atoms with van der Waals surface area (Å²) in [5.74, 6) is 1.45. The summed E-state index contributed by atoms with van der Waals surface area (Å²) in [4.78, 5) is 24.8. The van der Waals surface area contributed by atoms with Crippen LogP contribution in [0.2, 0.25) is 0 Å². The number of thioether (sulfide) groups is 1. The van der Waals surface area contributed by atoms with E-state index in [9.17, 15) is 19.1 Å². The van der Waals surface area contributed by atoms with Crippen LogP contribution in [0.4, 0.5) is 4.39 Å². The van der Waals surface area contributed by atoms with E-state index in [4.69, 9.17) is 9.84 Å². The Kier molecular flexibility index (Phi) is 9.57. The predicted molar refractivity (Wildman–Crippen MR) is 126 cm³/mol. The van der Waals surface area contributed by atoms with E-state index in [0.717, 1.165) is 17.9 Å². The third-order valence-electron chi connectivity index (χ3n) is 5.66. The number of amides is 1. The molecule has 6 nitrogen and oxygen atoms in total. The number of carboxylic acids is 1. The third kappa shape index (κ3) is 8.05. The highest BCUT2D eigenvalue weighted by Crippen LogP contribution is 2.30. The van der Waals surface area contributed by atoms with Gasteiger partial charge in [-0.3, -0.25) is 9.59 Å². The van der Waals surface area contributed by atoms with E-state index >= 15 is 0 Å². The fourth-order valence-electron chi connectivity index (χ4n) is 3.96. The first-order valence-electron chi connectivity index (χ1n) is 11.2. The van der Waals surface area contributed by atoms with E-state index in [1.165, 1.54) is 12.1 Å². The second-order valence-corrected chi connectivity index (χ2v) is 9.34. The van der Waals surface area contributed by atoms with Gasteiger partial charge in [0.1, 0.15) is 17.3 Å². The Morgan fingerprint density at radius 2 is 1.94 bits per heavy atom. The summed E-state index contributed by atoms with van der Waals surface area (Å²) in [5, 5.41) is 19.4. The maximum atomic E-state index is 13.4. The van der Waals surface area contributed by atoms with E-state index < -0.39 is 12.1 Å². The van der Waals surface area contributed by atoms with Crippen LogP contribution in [-0.4, -0.2) is 51.1 Å². The van der Waals surface area contributed by atoms with Crippen LogP contribution in [0.15, 0.2) is 48.5 Å². The summed E-state index contributed by atoms with van der Waals surface area (Å²) >= 11 is 1.67. The molecule has 3 rings (SSSR count). The molecule has 0 unspecified atom stereocenters. The smallest absolute Gasteiger partial charge is 0.303 e. The van der Waals surface area contributed by atoms with Gasteiger partial charge in [-0.2, -0.15) is 11.8 Å². The third-order valence-corrected chi connectivity index (χ3v) is 6.70. The van der Waals surface area contributed by atoms with E-state index in [2.05, 4.69) is 0 Å². The van der Waals surface area contributed by atoms with Crippen LogP contribution in [-0.2, 0) is 9.59 Å². The fraction of sp³-hybridized carbons (Fsp3) is 0.440. The number of nitrogens with zero attached hydrogens (tertiary/aromatic N) is 1. The van der Waals surface area contributed by atoms with Crippen molar-refractivity contribution in [2.75, 3.05) is 18.1 Å². The minimum Gasteiger partial charge on any atom is -0.481 e. The molecule has 0 radical (unpaired) electrons. The fourth-order valence-corrected chi connectivity index (χ4v) is 4.84. The van der Waals surface area contributed by atoms with Crippen LogP contribution in [0.25, 0.3) is 0 Å². The van der Waals surface area contributed by atoms with Crippen LogP contribution < -0.4 is 4.74 Å². The number of halogens is 1. The molecule has 1 heterocycles. The average Bonchev–Trinajstić information content (AvgIpc) is 3.13. The molecule has 1 amide bonds. The lowest BCUT2D eigenvalue weighted by atomic mass is 10.0. The topological polar surface area (TPSA) is 87.1 Å². The highest BCUT2D eigenvalue weighted by atomic mass is 32.2. The van der Waals surface area contributed by atoms with Crippen LogP contribution in [0.1, 0.15) is 50.2 Å². The molecule has 2 N–H and O–H groups in total. The summed E-state index contributed by atoms with van der Waals surface area (Å²) in [6, 6.07) is 13.1. The first-order chi connectivity index (χ1) is 15.9. The molecule has 1 aliphatic heterocycles. The lowest BCUT2D eigenvalue weighted by molar-refractivity contribution is -0.137. The molecule has 0 aliphatic carbocycles. The first-order valence-corrected chi connectivity index (χ1v) is 12.4. The molecule has 33 heavy (non-hydrogen) atoms. The van der Waals surface area contributed by atoms with Gasteiger partial charge in [-0.1, -0.05) is 18.2 Å². The lowest BCUT2D eigenvalue weighted by Gasteiger charge is -2.25. The van der Waals surface area contributed by atoms with Gasteiger partial charge in [0.05, 0.1) is 6.10 Å². The van der Waals surface area contributed by atoms with Crippen molar-refractivity contribution >= 4 is 23.6 Å². The monoisotopic (exact) mass is 475 g/mol. The van der Waals surface area contributed by atoms with Crippen molar-refractivity contribution in [3.05, 3.63) is 59.9 Å². The largest absolute Gasteiger partial charge is 0.481 e. The van der Waals surface area contributed by atoms with Gasteiger partial charge in [0.15, 0.2) is 0 Å². The number of hydrogen-bond donors (Lipinski definition) is 2. The number of rotatable bonds is 13. The number of carboxylic acid groups (broad SMARTS) is 1. The predicted octanol–water partition coefficient (Wildman–Crippen LogP) is 5.02. The molecule has 2 atom stereocenters. The molecular weight excluding hydrogens is 445 g/mol. The molecule has 0 saturated carbocycles. The molecule has 1 fully saturated rings. The van der Waals surface area contributed by atoms with Crippen molar-refractivity contribution in [3.8, 4) is 11.5 Å². The maximum Gasteiger partial charge on any atom is 0.303 e. The number of aliphatic hydroxyl groups is 1. The molecule has 2 aromatic rings. The van der Waals surface area contributed by atoms with Crippen molar-refractivity contribution in [2.45, 2.75) is 50.7 Å². The van der Waals surface area contributed by atoms with Gasteiger partial charge in [-0.05, 0) is 61.3 Å². The molecule has 2 aromatic carbocycles. The second-order valence-electron chi connectivity index (χ2n) is 8.11. The quantitative estimate of drug-likeness (QED) is 0.396. The molecule has 8 heteroatoms. The average molecular weight is 476 g/mol. The van der Waals surface area contributed by atoms with Crippen molar-refractivity contribution in [1.29, 1.82) is 0 Å². The highest BCUT2D eigenvalue weighted by molar-refractivity contribution is 7.99. The summed E-state index contributed by atoms with van der Waals surface area (Å²) in [6.07, 6.45) is 2.65. The van der Waals surface area contributed by atoms with Gasteiger partial charge in [0.25, 0.3) is 0 Å². The number of benzene rings is 2. The minimum atomic E-state index is -0.782. The highest BCUT2D eigenvalue weighted by Gasteiger charge is 2.30. The molecule has 1 saturated heterocycles. The van der Waals surface area contributed by atoms with Crippen LogP contribution >= 0.6 is 11.8 Å². The van der Waals surface area contributed by atoms with Crippen LogP contribution in [0, 0.1) is 5.82 Å². The second kappa shape index (κ2) is 12.6. The maximum absolute atomic E-state index is 13.4. The molecule has 178 valence electrons. The Bertz CT molecular complexity index is 941. The Labute approximate surface area is 197 Å².